The van der Waals surface area contributed by atoms with Gasteiger partial charge in [0.25, 0.3) is 5.91 Å². The summed E-state index contributed by atoms with van der Waals surface area (Å²) in [5.74, 6) is 2.03. The van der Waals surface area contributed by atoms with Crippen LogP contribution in [0.1, 0.15) is 30.1 Å². The van der Waals surface area contributed by atoms with Crippen molar-refractivity contribution in [1.29, 1.82) is 0 Å². The first kappa shape index (κ1) is 19.2. The Morgan fingerprint density at radius 1 is 1.41 bits per heavy atom. The number of aromatic nitrogens is 2. The minimum atomic E-state index is 0.0339. The van der Waals surface area contributed by atoms with E-state index in [4.69, 9.17) is 16.3 Å². The van der Waals surface area contributed by atoms with Gasteiger partial charge in [0.2, 0.25) is 5.95 Å². The van der Waals surface area contributed by atoms with Gasteiger partial charge in [-0.2, -0.15) is 4.98 Å². The molecule has 1 aromatic carbocycles. The molecular formula is C19H24ClN5O2. The molecule has 1 aromatic heterocycles. The third-order valence-corrected chi connectivity index (χ3v) is 4.90. The van der Waals surface area contributed by atoms with Gasteiger partial charge in [0.15, 0.2) is 0 Å². The van der Waals surface area contributed by atoms with E-state index in [0.29, 0.717) is 39.7 Å². The molecule has 1 amide bonds. The van der Waals surface area contributed by atoms with Gasteiger partial charge in [-0.15, -0.1) is 0 Å². The number of halogens is 1. The van der Waals surface area contributed by atoms with E-state index in [-0.39, 0.29) is 5.91 Å². The first-order valence-corrected chi connectivity index (χ1v) is 9.34. The highest BCUT2D eigenvalue weighted by Crippen LogP contribution is 2.30. The minimum Gasteiger partial charge on any atom is -0.495 e. The molecule has 0 bridgehead atoms. The summed E-state index contributed by atoms with van der Waals surface area (Å²) < 4.78 is 5.47. The molecule has 1 saturated heterocycles. The number of likely N-dealkylation sites (tertiary alicyclic amines) is 1. The lowest BCUT2D eigenvalue weighted by atomic mass is 9.99. The van der Waals surface area contributed by atoms with Gasteiger partial charge in [0.1, 0.15) is 16.6 Å². The topological polar surface area (TPSA) is 79.4 Å². The predicted octanol–water partition coefficient (Wildman–Crippen LogP) is 3.80. The number of anilines is 3. The van der Waals surface area contributed by atoms with Crippen LogP contribution in [0.2, 0.25) is 5.02 Å². The molecule has 1 atom stereocenters. The molecule has 0 saturated carbocycles. The summed E-state index contributed by atoms with van der Waals surface area (Å²) in [6.45, 7) is 3.78. The Kier molecular flexibility index (Phi) is 6.01. The maximum Gasteiger partial charge on any atom is 0.253 e. The molecule has 2 N–H and O–H groups in total. The van der Waals surface area contributed by atoms with Crippen molar-refractivity contribution < 1.29 is 9.53 Å². The van der Waals surface area contributed by atoms with Crippen LogP contribution in [0.5, 0.6) is 5.75 Å². The van der Waals surface area contributed by atoms with Crippen molar-refractivity contribution in [3.05, 3.63) is 35.0 Å². The molecule has 0 aliphatic carbocycles. The largest absolute Gasteiger partial charge is 0.495 e. The number of hydrogen-bond acceptors (Lipinski definition) is 6. The quantitative estimate of drug-likeness (QED) is 0.809. The lowest BCUT2D eigenvalue weighted by Crippen LogP contribution is -2.39. The summed E-state index contributed by atoms with van der Waals surface area (Å²) in [5.41, 5.74) is 1.28. The number of nitrogens with one attached hydrogen (secondary N) is 2. The summed E-state index contributed by atoms with van der Waals surface area (Å²) in [5, 5.41) is 6.45. The average molecular weight is 390 g/mol. The maximum atomic E-state index is 12.8. The van der Waals surface area contributed by atoms with E-state index in [1.54, 1.807) is 32.4 Å². The highest BCUT2D eigenvalue weighted by atomic mass is 35.5. The van der Waals surface area contributed by atoms with E-state index in [1.807, 2.05) is 4.90 Å². The lowest BCUT2D eigenvalue weighted by molar-refractivity contribution is 0.0682. The first-order chi connectivity index (χ1) is 13.0. The van der Waals surface area contributed by atoms with Crippen molar-refractivity contribution in [2.24, 2.45) is 5.92 Å². The number of piperidine rings is 1. The summed E-state index contributed by atoms with van der Waals surface area (Å²) in [7, 11) is 3.31. The minimum absolute atomic E-state index is 0.0339. The molecule has 7 nitrogen and oxygen atoms in total. The number of nitrogens with zero attached hydrogens (tertiary/aromatic N) is 3. The number of rotatable bonds is 5. The van der Waals surface area contributed by atoms with Gasteiger partial charge < -0.3 is 20.3 Å². The molecule has 8 heteroatoms. The van der Waals surface area contributed by atoms with Crippen LogP contribution in [-0.2, 0) is 0 Å². The SMILES string of the molecule is CNc1nc(Nc2ccc(C(=O)N3CCCC(C)C3)cc2OC)ncc1Cl. The van der Waals surface area contributed by atoms with Gasteiger partial charge in [0, 0.05) is 25.7 Å². The van der Waals surface area contributed by atoms with Crippen molar-refractivity contribution in [2.75, 3.05) is 37.9 Å². The number of carbonyl (C=O) groups excluding carboxylic acids is 1. The number of benzene rings is 1. The summed E-state index contributed by atoms with van der Waals surface area (Å²) in [6.07, 6.45) is 3.74. The van der Waals surface area contributed by atoms with Crippen LogP contribution in [0.25, 0.3) is 0 Å². The van der Waals surface area contributed by atoms with Crippen LogP contribution >= 0.6 is 11.6 Å². The molecule has 144 valence electrons. The van der Waals surface area contributed by atoms with Gasteiger partial charge in [-0.05, 0) is 37.0 Å². The maximum absolute atomic E-state index is 12.8. The third kappa shape index (κ3) is 4.42. The van der Waals surface area contributed by atoms with E-state index >= 15 is 0 Å². The fourth-order valence-electron chi connectivity index (χ4n) is 3.21. The molecule has 0 radical (unpaired) electrons. The van der Waals surface area contributed by atoms with Crippen molar-refractivity contribution in [1.82, 2.24) is 14.9 Å². The fraction of sp³-hybridized carbons (Fsp3) is 0.421. The van der Waals surface area contributed by atoms with E-state index in [2.05, 4.69) is 27.5 Å². The van der Waals surface area contributed by atoms with E-state index in [1.165, 1.54) is 12.6 Å². The Morgan fingerprint density at radius 2 is 2.22 bits per heavy atom. The summed E-state index contributed by atoms with van der Waals surface area (Å²) in [6, 6.07) is 5.34. The van der Waals surface area contributed by atoms with Gasteiger partial charge in [0.05, 0.1) is 19.0 Å². The van der Waals surface area contributed by atoms with E-state index < -0.39 is 0 Å². The number of methoxy groups -OCH3 is 1. The molecule has 1 fully saturated rings. The molecule has 0 spiro atoms. The Hall–Kier alpha value is -2.54. The molecule has 2 aromatic rings. The van der Waals surface area contributed by atoms with Crippen LogP contribution in [0.15, 0.2) is 24.4 Å². The number of amides is 1. The van der Waals surface area contributed by atoms with Crippen LogP contribution in [0.3, 0.4) is 0 Å². The highest BCUT2D eigenvalue weighted by molar-refractivity contribution is 6.32. The van der Waals surface area contributed by atoms with Crippen LogP contribution < -0.4 is 15.4 Å². The van der Waals surface area contributed by atoms with Crippen molar-refractivity contribution >= 4 is 35.0 Å². The zero-order valence-electron chi connectivity index (χ0n) is 15.8. The Labute approximate surface area is 164 Å². The monoisotopic (exact) mass is 389 g/mol. The van der Waals surface area contributed by atoms with E-state index in [0.717, 1.165) is 19.5 Å². The smallest absolute Gasteiger partial charge is 0.253 e. The van der Waals surface area contributed by atoms with Gasteiger partial charge in [-0.1, -0.05) is 18.5 Å². The zero-order chi connectivity index (χ0) is 19.4. The van der Waals surface area contributed by atoms with Gasteiger partial charge in [-0.25, -0.2) is 4.98 Å². The molecule has 1 aliphatic heterocycles. The normalized spacial score (nSPS) is 16.7. The van der Waals surface area contributed by atoms with Crippen molar-refractivity contribution in [3.8, 4) is 5.75 Å². The Bertz CT molecular complexity index is 830. The highest BCUT2D eigenvalue weighted by Gasteiger charge is 2.23. The molecule has 1 unspecified atom stereocenters. The van der Waals surface area contributed by atoms with Crippen molar-refractivity contribution in [2.45, 2.75) is 19.8 Å². The second kappa shape index (κ2) is 8.43. The lowest BCUT2D eigenvalue weighted by Gasteiger charge is -2.31. The molecule has 27 heavy (non-hydrogen) atoms. The number of carbonyl (C=O) groups is 1. The van der Waals surface area contributed by atoms with E-state index in [9.17, 15) is 4.79 Å². The second-order valence-electron chi connectivity index (χ2n) is 6.68. The van der Waals surface area contributed by atoms with Crippen LogP contribution in [0.4, 0.5) is 17.5 Å². The zero-order valence-corrected chi connectivity index (χ0v) is 16.5. The molecule has 2 heterocycles. The summed E-state index contributed by atoms with van der Waals surface area (Å²) >= 11 is 6.02. The molecule has 1 aliphatic rings. The van der Waals surface area contributed by atoms with Gasteiger partial charge in [-0.3, -0.25) is 4.79 Å². The van der Waals surface area contributed by atoms with Crippen LogP contribution in [-0.4, -0.2) is 48.0 Å². The van der Waals surface area contributed by atoms with Crippen LogP contribution in [0, 0.1) is 5.92 Å². The van der Waals surface area contributed by atoms with Gasteiger partial charge >= 0.3 is 0 Å². The standard InChI is InChI=1S/C19H24ClN5O2/c1-12-5-4-8-25(11-12)18(26)13-6-7-15(16(9-13)27-3)23-19-22-10-14(20)17(21-2)24-19/h6-7,9-10,12H,4-5,8,11H2,1-3H3,(H2,21,22,23,24). The fourth-order valence-corrected chi connectivity index (χ4v) is 3.39. The molecule has 3 rings (SSSR count). The Balaban J connectivity index is 1.81. The van der Waals surface area contributed by atoms with Crippen molar-refractivity contribution in [3.63, 3.8) is 0 Å². The second-order valence-corrected chi connectivity index (χ2v) is 7.09. The average Bonchev–Trinajstić information content (AvgIpc) is 2.69. The predicted molar refractivity (Wildman–Crippen MR) is 107 cm³/mol. The third-order valence-electron chi connectivity index (χ3n) is 4.62. The number of hydrogen-bond donors (Lipinski definition) is 2. The molecular weight excluding hydrogens is 366 g/mol. The number of ether oxygens (including phenoxy) is 1. The Morgan fingerprint density at radius 3 is 2.93 bits per heavy atom. The first-order valence-electron chi connectivity index (χ1n) is 8.96. The summed E-state index contributed by atoms with van der Waals surface area (Å²) in [4.78, 5) is 23.2.